The second-order valence-corrected chi connectivity index (χ2v) is 9.86. The summed E-state index contributed by atoms with van der Waals surface area (Å²) in [4.78, 5) is 65.2. The molecule has 1 saturated heterocycles. The normalized spacial score (nSPS) is 19.5. The van der Waals surface area contributed by atoms with Crippen molar-refractivity contribution in [1.82, 2.24) is 15.1 Å². The van der Waals surface area contributed by atoms with Crippen LogP contribution < -0.4 is 15.4 Å². The predicted molar refractivity (Wildman–Crippen MR) is 139 cm³/mol. The number of hydrogen-bond acceptors (Lipinski definition) is 8. The smallest absolute Gasteiger partial charge is 0.325 e. The summed E-state index contributed by atoms with van der Waals surface area (Å²) < 4.78 is 10.7. The van der Waals surface area contributed by atoms with Gasteiger partial charge in [-0.25, -0.2) is 4.79 Å². The molecule has 204 valence electrons. The van der Waals surface area contributed by atoms with Gasteiger partial charge in [-0.3, -0.25) is 24.1 Å². The Bertz CT molecular complexity index is 1300. The molecule has 2 N–H and O–H groups in total. The van der Waals surface area contributed by atoms with Crippen molar-refractivity contribution >= 4 is 35.2 Å². The lowest BCUT2D eigenvalue weighted by Crippen LogP contribution is -2.44. The minimum absolute atomic E-state index is 0.0800. The van der Waals surface area contributed by atoms with E-state index in [1.165, 1.54) is 0 Å². The van der Waals surface area contributed by atoms with Gasteiger partial charge in [-0.2, -0.15) is 0 Å². The third-order valence-electron chi connectivity index (χ3n) is 7.06. The molecule has 1 aliphatic carbocycles. The largest absolute Gasteiger partial charge is 0.426 e. The molecule has 2 fully saturated rings. The van der Waals surface area contributed by atoms with E-state index < -0.39 is 12.1 Å². The lowest BCUT2D eigenvalue weighted by molar-refractivity contribution is -0.137. The van der Waals surface area contributed by atoms with Gasteiger partial charge in [0.1, 0.15) is 11.5 Å². The highest BCUT2D eigenvalue weighted by molar-refractivity contribution is 6.07. The zero-order valence-corrected chi connectivity index (χ0v) is 21.4. The van der Waals surface area contributed by atoms with E-state index in [2.05, 4.69) is 10.6 Å². The fraction of sp³-hybridized carbons (Fsp3) is 0.393. The molecule has 3 aliphatic rings. The molecule has 11 nitrogen and oxygen atoms in total. The molecule has 2 heterocycles. The van der Waals surface area contributed by atoms with Crippen LogP contribution in [0, 0.1) is 0 Å². The molecule has 0 radical (unpaired) electrons. The van der Waals surface area contributed by atoms with Crippen LogP contribution in [0.2, 0.25) is 0 Å². The summed E-state index contributed by atoms with van der Waals surface area (Å²) in [5, 5.41) is 5.48. The van der Waals surface area contributed by atoms with Crippen LogP contribution in [0.4, 0.5) is 10.5 Å². The van der Waals surface area contributed by atoms with Crippen molar-refractivity contribution in [1.29, 1.82) is 0 Å². The first-order valence-electron chi connectivity index (χ1n) is 13.0. The molecule has 11 heteroatoms. The van der Waals surface area contributed by atoms with Crippen LogP contribution in [0.1, 0.15) is 40.7 Å². The van der Waals surface area contributed by atoms with Gasteiger partial charge in [0.2, 0.25) is 0 Å². The number of ether oxygens (including phenoxy) is 2. The first kappa shape index (κ1) is 26.5. The Hall–Kier alpha value is -4.09. The topological polar surface area (TPSA) is 134 Å². The Morgan fingerprint density at radius 1 is 1.05 bits per heavy atom. The third-order valence-corrected chi connectivity index (χ3v) is 7.06. The van der Waals surface area contributed by atoms with E-state index in [9.17, 15) is 24.0 Å². The number of carbonyl (C=O) groups is 5. The summed E-state index contributed by atoms with van der Waals surface area (Å²) in [5.41, 5.74) is 2.51. The molecular weight excluding hydrogens is 504 g/mol. The van der Waals surface area contributed by atoms with Gasteiger partial charge in [-0.15, -0.1) is 0 Å². The van der Waals surface area contributed by atoms with Crippen molar-refractivity contribution in [3.63, 3.8) is 0 Å². The van der Waals surface area contributed by atoms with Crippen LogP contribution >= 0.6 is 0 Å². The molecule has 0 bridgehead atoms. The second kappa shape index (κ2) is 11.7. The number of carbonyl (C=O) groups excluding carboxylic acids is 5. The van der Waals surface area contributed by atoms with Gasteiger partial charge in [0.15, 0.2) is 5.78 Å². The summed E-state index contributed by atoms with van der Waals surface area (Å²) in [5.74, 6) is -0.576. The van der Waals surface area contributed by atoms with E-state index in [-0.39, 0.29) is 43.0 Å². The zero-order valence-electron chi connectivity index (χ0n) is 21.4. The SMILES string of the molecule is O=C1CCC(N2Cc3ccc(CNC(=O)Nc4cccc(OC(=O)CN5CCOCC5)c4)cc3C2=O)C(=O)C1. The number of ketones is 2. The minimum Gasteiger partial charge on any atom is -0.426 e. The maximum absolute atomic E-state index is 13.0. The predicted octanol–water partition coefficient (Wildman–Crippen LogP) is 1.89. The monoisotopic (exact) mass is 534 g/mol. The van der Waals surface area contributed by atoms with Crippen LogP contribution in [0.5, 0.6) is 5.75 Å². The average Bonchev–Trinajstić information content (AvgIpc) is 3.23. The summed E-state index contributed by atoms with van der Waals surface area (Å²) >= 11 is 0. The van der Waals surface area contributed by atoms with E-state index in [4.69, 9.17) is 9.47 Å². The highest BCUT2D eigenvalue weighted by Crippen LogP contribution is 2.29. The van der Waals surface area contributed by atoms with E-state index in [0.29, 0.717) is 62.7 Å². The number of amides is 3. The number of benzene rings is 2. The van der Waals surface area contributed by atoms with Crippen LogP contribution in [0.25, 0.3) is 0 Å². The molecule has 0 aromatic heterocycles. The Morgan fingerprint density at radius 3 is 2.67 bits per heavy atom. The lowest BCUT2D eigenvalue weighted by Gasteiger charge is -2.29. The molecule has 2 aliphatic heterocycles. The number of urea groups is 1. The highest BCUT2D eigenvalue weighted by Gasteiger charge is 2.38. The van der Waals surface area contributed by atoms with Gasteiger partial charge in [-0.05, 0) is 35.7 Å². The van der Waals surface area contributed by atoms with Gasteiger partial charge >= 0.3 is 12.0 Å². The van der Waals surface area contributed by atoms with E-state index in [0.717, 1.165) is 11.1 Å². The first-order chi connectivity index (χ1) is 18.9. The van der Waals surface area contributed by atoms with Crippen molar-refractivity contribution in [3.05, 3.63) is 59.2 Å². The van der Waals surface area contributed by atoms with E-state index in [1.54, 1.807) is 35.2 Å². The number of morpholine rings is 1. The zero-order chi connectivity index (χ0) is 27.4. The van der Waals surface area contributed by atoms with E-state index >= 15 is 0 Å². The Labute approximate surface area is 225 Å². The fourth-order valence-corrected chi connectivity index (χ4v) is 5.02. The molecule has 5 rings (SSSR count). The van der Waals surface area contributed by atoms with Crippen molar-refractivity contribution < 1.29 is 33.4 Å². The highest BCUT2D eigenvalue weighted by atomic mass is 16.5. The summed E-state index contributed by atoms with van der Waals surface area (Å²) in [6, 6.07) is 10.9. The molecule has 3 amide bonds. The van der Waals surface area contributed by atoms with Crippen molar-refractivity contribution in [2.45, 2.75) is 38.4 Å². The molecule has 1 saturated carbocycles. The van der Waals surface area contributed by atoms with Gasteiger partial charge in [-0.1, -0.05) is 18.2 Å². The van der Waals surface area contributed by atoms with Gasteiger partial charge in [0, 0.05) is 49.9 Å². The molecule has 1 unspecified atom stereocenters. The second-order valence-electron chi connectivity index (χ2n) is 9.86. The Balaban J connectivity index is 1.12. The van der Waals surface area contributed by atoms with Gasteiger partial charge in [0.05, 0.1) is 32.2 Å². The Morgan fingerprint density at radius 2 is 1.87 bits per heavy atom. The Kier molecular flexibility index (Phi) is 7.99. The molecule has 2 aromatic rings. The van der Waals surface area contributed by atoms with E-state index in [1.807, 2.05) is 17.0 Å². The van der Waals surface area contributed by atoms with Crippen molar-refractivity contribution in [3.8, 4) is 5.75 Å². The summed E-state index contributed by atoms with van der Waals surface area (Å²) in [6.45, 7) is 3.21. The number of nitrogens with one attached hydrogen (secondary N) is 2. The maximum Gasteiger partial charge on any atom is 0.325 e. The average molecular weight is 535 g/mol. The van der Waals surface area contributed by atoms with Crippen LogP contribution in [-0.2, 0) is 32.2 Å². The molecule has 2 aromatic carbocycles. The third kappa shape index (κ3) is 6.50. The summed E-state index contributed by atoms with van der Waals surface area (Å²) in [7, 11) is 0. The summed E-state index contributed by atoms with van der Waals surface area (Å²) in [6.07, 6.45) is 0.551. The number of anilines is 1. The number of Topliss-reactive ketones (excluding diaryl/α,β-unsaturated/α-hetero) is 2. The van der Waals surface area contributed by atoms with Crippen LogP contribution in [0.15, 0.2) is 42.5 Å². The molecule has 1 atom stereocenters. The lowest BCUT2D eigenvalue weighted by atomic mass is 9.92. The number of nitrogens with zero attached hydrogens (tertiary/aromatic N) is 2. The van der Waals surface area contributed by atoms with Gasteiger partial charge < -0.3 is 25.0 Å². The van der Waals surface area contributed by atoms with Crippen molar-refractivity contribution in [2.24, 2.45) is 0 Å². The standard InChI is InChI=1S/C28H30N4O7/c33-21-6-7-24(25(34)14-21)32-16-19-5-4-18(12-23(19)27(32)36)15-29-28(37)30-20-2-1-3-22(13-20)39-26(35)17-31-8-10-38-11-9-31/h1-5,12-13,24H,6-11,14-17H2,(H2,29,30,37). The molecule has 39 heavy (non-hydrogen) atoms. The molecular formula is C28H30N4O7. The van der Waals surface area contributed by atoms with Crippen molar-refractivity contribution in [2.75, 3.05) is 38.2 Å². The van der Waals surface area contributed by atoms with Crippen LogP contribution in [-0.4, -0.2) is 78.2 Å². The number of fused-ring (bicyclic) bond motifs is 1. The fourth-order valence-electron chi connectivity index (χ4n) is 5.02. The number of esters is 1. The molecule has 0 spiro atoms. The van der Waals surface area contributed by atoms with Gasteiger partial charge in [0.25, 0.3) is 5.91 Å². The van der Waals surface area contributed by atoms with Crippen LogP contribution in [0.3, 0.4) is 0 Å². The maximum atomic E-state index is 13.0. The quantitative estimate of drug-likeness (QED) is 0.313. The first-order valence-corrected chi connectivity index (χ1v) is 13.0. The number of hydrogen-bond donors (Lipinski definition) is 2. The number of rotatable bonds is 7. The minimum atomic E-state index is -0.565.